The average molecular weight is 446 g/mol. The molecule has 0 aliphatic carbocycles. The van der Waals surface area contributed by atoms with Gasteiger partial charge in [-0.3, -0.25) is 9.59 Å². The van der Waals surface area contributed by atoms with Gasteiger partial charge in [-0.15, -0.1) is 0 Å². The smallest absolute Gasteiger partial charge is 0.257 e. The molecule has 166 valence electrons. The Bertz CT molecular complexity index is 1090. The summed E-state index contributed by atoms with van der Waals surface area (Å²) in [5.74, 6) is -0.687. The van der Waals surface area contributed by atoms with E-state index in [0.29, 0.717) is 26.2 Å². The quantitative estimate of drug-likeness (QED) is 0.754. The topological polar surface area (TPSA) is 98.2 Å². The molecular weight excluding hydrogens is 418 g/mol. The molecule has 0 spiro atoms. The Morgan fingerprint density at radius 2 is 1.58 bits per heavy atom. The van der Waals surface area contributed by atoms with Crippen LogP contribution in [0.1, 0.15) is 21.5 Å². The third-order valence-corrected chi connectivity index (χ3v) is 7.40. The molecule has 2 amide bonds. The summed E-state index contributed by atoms with van der Waals surface area (Å²) in [6, 6.07) is 11.2. The van der Waals surface area contributed by atoms with E-state index in [1.165, 1.54) is 13.1 Å². The summed E-state index contributed by atoms with van der Waals surface area (Å²) in [5.41, 5.74) is 2.08. The fraction of sp³-hybridized carbons (Fsp3) is 0.364. The van der Waals surface area contributed by atoms with Crippen molar-refractivity contribution in [1.82, 2.24) is 14.1 Å². The summed E-state index contributed by atoms with van der Waals surface area (Å²) in [6.45, 7) is 4.70. The highest BCUT2D eigenvalue weighted by Crippen LogP contribution is 2.20. The third-order valence-electron chi connectivity index (χ3n) is 5.60. The highest BCUT2D eigenvalue weighted by molar-refractivity contribution is 7.89. The molecule has 8 nitrogen and oxygen atoms in total. The van der Waals surface area contributed by atoms with Gasteiger partial charge in [-0.2, -0.15) is 4.31 Å². The number of hydrogen-bond acceptors (Lipinski definition) is 5. The van der Waals surface area contributed by atoms with Crippen molar-refractivity contribution >= 4 is 21.8 Å². The number of aromatic hydroxyl groups is 1. The molecule has 0 unspecified atom stereocenters. The predicted octanol–water partition coefficient (Wildman–Crippen LogP) is 1.61. The van der Waals surface area contributed by atoms with E-state index in [2.05, 4.69) is 0 Å². The van der Waals surface area contributed by atoms with Crippen LogP contribution in [-0.2, 0) is 14.8 Å². The zero-order valence-corrected chi connectivity index (χ0v) is 18.7. The number of carbonyl (C=O) groups excluding carboxylic acids is 2. The van der Waals surface area contributed by atoms with Crippen LogP contribution in [0.15, 0.2) is 47.4 Å². The second-order valence-electron chi connectivity index (χ2n) is 7.70. The van der Waals surface area contributed by atoms with Gasteiger partial charge >= 0.3 is 0 Å². The number of hydrogen-bond donors (Lipinski definition) is 1. The highest BCUT2D eigenvalue weighted by atomic mass is 32.2. The molecule has 2 aromatic carbocycles. The number of sulfonamides is 1. The van der Waals surface area contributed by atoms with E-state index in [1.54, 1.807) is 46.2 Å². The van der Waals surface area contributed by atoms with Crippen molar-refractivity contribution in [2.75, 3.05) is 39.8 Å². The maximum Gasteiger partial charge on any atom is 0.257 e. The number of phenolic OH excluding ortho intramolecular Hbond substituents is 1. The monoisotopic (exact) mass is 445 g/mol. The summed E-state index contributed by atoms with van der Waals surface area (Å²) in [4.78, 5) is 28.6. The van der Waals surface area contributed by atoms with E-state index in [0.717, 1.165) is 15.4 Å². The van der Waals surface area contributed by atoms with Crippen LogP contribution in [0.25, 0.3) is 0 Å². The summed E-state index contributed by atoms with van der Waals surface area (Å²) >= 11 is 0. The Morgan fingerprint density at radius 1 is 0.968 bits per heavy atom. The average Bonchev–Trinajstić information content (AvgIpc) is 2.75. The van der Waals surface area contributed by atoms with Gasteiger partial charge in [0.05, 0.1) is 17.0 Å². The zero-order valence-electron chi connectivity index (χ0n) is 17.9. The molecule has 1 saturated heterocycles. The molecule has 1 N–H and O–H groups in total. The van der Waals surface area contributed by atoms with Crippen LogP contribution in [0.3, 0.4) is 0 Å². The molecule has 9 heteroatoms. The first kappa shape index (κ1) is 22.8. The zero-order chi connectivity index (χ0) is 22.8. The van der Waals surface area contributed by atoms with E-state index >= 15 is 0 Å². The van der Waals surface area contributed by atoms with Gasteiger partial charge in [0.2, 0.25) is 15.9 Å². The molecule has 1 fully saturated rings. The minimum absolute atomic E-state index is 0.0795. The highest BCUT2D eigenvalue weighted by Gasteiger charge is 2.29. The Morgan fingerprint density at radius 3 is 2.19 bits per heavy atom. The Kier molecular flexibility index (Phi) is 6.66. The molecule has 31 heavy (non-hydrogen) atoms. The number of phenols is 1. The van der Waals surface area contributed by atoms with Crippen molar-refractivity contribution in [1.29, 1.82) is 0 Å². The number of piperazine rings is 1. The van der Waals surface area contributed by atoms with E-state index in [9.17, 15) is 23.1 Å². The molecule has 0 aromatic heterocycles. The van der Waals surface area contributed by atoms with Gasteiger partial charge < -0.3 is 14.9 Å². The second-order valence-corrected chi connectivity index (χ2v) is 9.74. The molecule has 2 aromatic rings. The lowest BCUT2D eigenvalue weighted by Crippen LogP contribution is -2.52. The lowest BCUT2D eigenvalue weighted by Gasteiger charge is -2.35. The first-order chi connectivity index (χ1) is 14.6. The summed E-state index contributed by atoms with van der Waals surface area (Å²) in [6.07, 6.45) is 0. The first-order valence-corrected chi connectivity index (χ1v) is 11.4. The minimum Gasteiger partial charge on any atom is -0.507 e. The SMILES string of the molecule is Cc1ccc(S(=O)(=O)N(C)CC(=O)N2CCN(C(=O)c3ccccc3O)CC2)cc1C. The molecule has 1 heterocycles. The van der Waals surface area contributed by atoms with Crippen LogP contribution in [0.5, 0.6) is 5.75 Å². The van der Waals surface area contributed by atoms with Gasteiger partial charge in [-0.05, 0) is 49.2 Å². The molecule has 1 aliphatic heterocycles. The molecule has 3 rings (SSSR count). The minimum atomic E-state index is -3.78. The van der Waals surface area contributed by atoms with Gasteiger partial charge in [0, 0.05) is 33.2 Å². The van der Waals surface area contributed by atoms with Gasteiger partial charge in [0.1, 0.15) is 5.75 Å². The van der Waals surface area contributed by atoms with Gasteiger partial charge in [-0.25, -0.2) is 8.42 Å². The Labute approximate surface area is 182 Å². The van der Waals surface area contributed by atoms with Crippen molar-refractivity contribution in [2.45, 2.75) is 18.7 Å². The Hall–Kier alpha value is -2.91. The van der Waals surface area contributed by atoms with Crippen molar-refractivity contribution in [2.24, 2.45) is 0 Å². The van der Waals surface area contributed by atoms with Crippen LogP contribution in [0.4, 0.5) is 0 Å². The number of para-hydroxylation sites is 1. The van der Waals surface area contributed by atoms with Crippen LogP contribution >= 0.6 is 0 Å². The van der Waals surface area contributed by atoms with Gasteiger partial charge in [0.25, 0.3) is 5.91 Å². The third kappa shape index (κ3) is 4.88. The van der Waals surface area contributed by atoms with E-state index in [1.807, 2.05) is 13.8 Å². The number of carbonyl (C=O) groups is 2. The van der Waals surface area contributed by atoms with Gasteiger partial charge in [0.15, 0.2) is 0 Å². The van der Waals surface area contributed by atoms with Crippen LogP contribution in [0.2, 0.25) is 0 Å². The number of amides is 2. The molecule has 0 radical (unpaired) electrons. The molecule has 1 aliphatic rings. The summed E-state index contributed by atoms with van der Waals surface area (Å²) in [5, 5.41) is 9.88. The molecule has 0 atom stereocenters. The van der Waals surface area contributed by atoms with E-state index < -0.39 is 10.0 Å². The maximum absolute atomic E-state index is 12.8. The normalized spacial score (nSPS) is 14.7. The van der Waals surface area contributed by atoms with E-state index in [4.69, 9.17) is 0 Å². The number of nitrogens with zero attached hydrogens (tertiary/aromatic N) is 3. The standard InChI is InChI=1S/C22H27N3O5S/c1-16-8-9-18(14-17(16)2)31(29,30)23(3)15-21(27)24-10-12-25(13-11-24)22(28)19-6-4-5-7-20(19)26/h4-9,14,26H,10-13,15H2,1-3H3. The maximum atomic E-state index is 12.8. The number of aryl methyl sites for hydroxylation is 2. The van der Waals surface area contributed by atoms with Crippen molar-refractivity contribution in [3.8, 4) is 5.75 Å². The fourth-order valence-corrected chi connectivity index (χ4v) is 4.62. The summed E-state index contributed by atoms with van der Waals surface area (Å²) < 4.78 is 26.7. The lowest BCUT2D eigenvalue weighted by molar-refractivity contribution is -0.132. The van der Waals surface area contributed by atoms with Crippen molar-refractivity contribution in [3.05, 3.63) is 59.2 Å². The molecule has 0 bridgehead atoms. The Balaban J connectivity index is 1.60. The molecular formula is C22H27N3O5S. The lowest BCUT2D eigenvalue weighted by atomic mass is 10.1. The van der Waals surface area contributed by atoms with Crippen molar-refractivity contribution < 1.29 is 23.1 Å². The number of benzene rings is 2. The van der Waals surface area contributed by atoms with E-state index in [-0.39, 0.29) is 34.6 Å². The van der Waals surface area contributed by atoms with Crippen LogP contribution in [0, 0.1) is 13.8 Å². The van der Waals surface area contributed by atoms with Crippen molar-refractivity contribution in [3.63, 3.8) is 0 Å². The fourth-order valence-electron chi connectivity index (χ4n) is 3.41. The number of likely N-dealkylation sites (N-methyl/N-ethyl adjacent to an activating group) is 1. The van der Waals surface area contributed by atoms with Gasteiger partial charge in [-0.1, -0.05) is 18.2 Å². The number of rotatable bonds is 5. The van der Waals surface area contributed by atoms with Crippen LogP contribution < -0.4 is 0 Å². The largest absolute Gasteiger partial charge is 0.507 e. The molecule has 0 saturated carbocycles. The summed E-state index contributed by atoms with van der Waals surface area (Å²) in [7, 11) is -2.39. The first-order valence-electron chi connectivity index (χ1n) is 10.00. The second kappa shape index (κ2) is 9.07. The predicted molar refractivity (Wildman–Crippen MR) is 116 cm³/mol. The van der Waals surface area contributed by atoms with Crippen LogP contribution in [-0.4, -0.2) is 79.2 Å².